The third-order valence-electron chi connectivity index (χ3n) is 2.65. The molecule has 2 heteroatoms. The molecule has 0 saturated carbocycles. The predicted molar refractivity (Wildman–Crippen MR) is 65.0 cm³/mol. The fraction of sp³-hybridized carbons (Fsp3) is 0.538. The fourth-order valence-corrected chi connectivity index (χ4v) is 1.65. The number of anilines is 1. The van der Waals surface area contributed by atoms with Crippen molar-refractivity contribution in [3.8, 4) is 0 Å². The van der Waals surface area contributed by atoms with Crippen LogP contribution in [0.4, 0.5) is 5.69 Å². The van der Waals surface area contributed by atoms with Gasteiger partial charge in [-0.15, -0.1) is 0 Å². The van der Waals surface area contributed by atoms with Crippen molar-refractivity contribution in [1.29, 1.82) is 0 Å². The summed E-state index contributed by atoms with van der Waals surface area (Å²) in [6.45, 7) is 2.94. The van der Waals surface area contributed by atoms with Crippen LogP contribution >= 0.6 is 0 Å². The summed E-state index contributed by atoms with van der Waals surface area (Å²) in [5.74, 6) is 0. The summed E-state index contributed by atoms with van der Waals surface area (Å²) in [6, 6.07) is 6.31. The number of benzene rings is 1. The molecule has 1 rings (SSSR count). The Labute approximate surface area is 92.4 Å². The Kier molecular flexibility index (Phi) is 5.19. The topological polar surface area (TPSA) is 35.2 Å². The van der Waals surface area contributed by atoms with Crippen molar-refractivity contribution in [3.05, 3.63) is 29.3 Å². The quantitative estimate of drug-likeness (QED) is 0.575. The molecule has 2 N–H and O–H groups in total. The molecule has 0 spiro atoms. The van der Waals surface area contributed by atoms with Crippen LogP contribution in [0, 0.1) is 6.92 Å². The number of unbranched alkanes of at least 4 members (excludes halogenated alkanes) is 2. The number of aryl methyl sites for hydroxylation is 2. The normalized spacial score (nSPS) is 10.5. The van der Waals surface area contributed by atoms with Crippen molar-refractivity contribution in [1.82, 2.24) is 0 Å². The summed E-state index contributed by atoms with van der Waals surface area (Å²) in [7, 11) is 1.75. The van der Waals surface area contributed by atoms with Crippen LogP contribution in [0.15, 0.2) is 18.2 Å². The van der Waals surface area contributed by atoms with Crippen LogP contribution in [0.5, 0.6) is 0 Å². The van der Waals surface area contributed by atoms with Gasteiger partial charge in [0.2, 0.25) is 0 Å². The van der Waals surface area contributed by atoms with E-state index in [1.54, 1.807) is 7.11 Å². The lowest BCUT2D eigenvalue weighted by atomic mass is 10.0. The third kappa shape index (κ3) is 4.34. The number of nitrogen functional groups attached to an aromatic ring is 1. The third-order valence-corrected chi connectivity index (χ3v) is 2.65. The average Bonchev–Trinajstić information content (AvgIpc) is 2.23. The molecule has 15 heavy (non-hydrogen) atoms. The molecule has 0 bridgehead atoms. The molecule has 0 amide bonds. The summed E-state index contributed by atoms with van der Waals surface area (Å²) in [4.78, 5) is 0. The smallest absolute Gasteiger partial charge is 0.0462 e. The minimum Gasteiger partial charge on any atom is -0.399 e. The Hall–Kier alpha value is -1.02. The number of ether oxygens (including phenoxy) is 1. The molecule has 0 aliphatic carbocycles. The highest BCUT2D eigenvalue weighted by molar-refractivity contribution is 5.47. The van der Waals surface area contributed by atoms with Gasteiger partial charge in [-0.25, -0.2) is 0 Å². The van der Waals surface area contributed by atoms with Crippen molar-refractivity contribution < 1.29 is 4.74 Å². The molecule has 2 nitrogen and oxygen atoms in total. The summed E-state index contributed by atoms with van der Waals surface area (Å²) >= 11 is 0. The average molecular weight is 207 g/mol. The Bertz CT molecular complexity index is 297. The van der Waals surface area contributed by atoms with Gasteiger partial charge in [0.25, 0.3) is 0 Å². The molecule has 0 aliphatic heterocycles. The molecule has 0 heterocycles. The Morgan fingerprint density at radius 2 is 2.00 bits per heavy atom. The van der Waals surface area contributed by atoms with E-state index >= 15 is 0 Å². The van der Waals surface area contributed by atoms with Crippen LogP contribution in [0.3, 0.4) is 0 Å². The zero-order valence-electron chi connectivity index (χ0n) is 9.75. The van der Waals surface area contributed by atoms with Gasteiger partial charge in [-0.1, -0.05) is 18.6 Å². The molecule has 0 aliphatic rings. The van der Waals surface area contributed by atoms with Crippen LogP contribution in [0.1, 0.15) is 30.4 Å². The van der Waals surface area contributed by atoms with Gasteiger partial charge < -0.3 is 10.5 Å². The van der Waals surface area contributed by atoms with Gasteiger partial charge >= 0.3 is 0 Å². The van der Waals surface area contributed by atoms with Crippen molar-refractivity contribution in [3.63, 3.8) is 0 Å². The van der Waals surface area contributed by atoms with E-state index in [9.17, 15) is 0 Å². The van der Waals surface area contributed by atoms with Crippen molar-refractivity contribution in [2.24, 2.45) is 0 Å². The monoisotopic (exact) mass is 207 g/mol. The van der Waals surface area contributed by atoms with E-state index in [0.29, 0.717) is 0 Å². The second kappa shape index (κ2) is 6.46. The first-order valence-electron chi connectivity index (χ1n) is 5.58. The van der Waals surface area contributed by atoms with E-state index in [2.05, 4.69) is 19.1 Å². The van der Waals surface area contributed by atoms with Gasteiger partial charge in [0.15, 0.2) is 0 Å². The van der Waals surface area contributed by atoms with Crippen molar-refractivity contribution in [2.45, 2.75) is 32.6 Å². The summed E-state index contributed by atoms with van der Waals surface area (Å²) in [6.07, 6.45) is 4.76. The zero-order chi connectivity index (χ0) is 11.1. The van der Waals surface area contributed by atoms with Gasteiger partial charge in [-0.05, 0) is 43.4 Å². The SMILES string of the molecule is COCCCCCc1ccc(N)c(C)c1. The maximum atomic E-state index is 5.77. The molecular formula is C13H21NO. The number of hydrogen-bond acceptors (Lipinski definition) is 2. The molecule has 84 valence electrons. The molecule has 0 radical (unpaired) electrons. The second-order valence-electron chi connectivity index (χ2n) is 3.99. The standard InChI is InChI=1S/C13H21NO/c1-11-10-12(7-8-13(11)14)6-4-3-5-9-15-2/h7-8,10H,3-6,9,14H2,1-2H3. The van der Waals surface area contributed by atoms with Crippen LogP contribution in [0.25, 0.3) is 0 Å². The summed E-state index contributed by atoms with van der Waals surface area (Å²) < 4.78 is 5.01. The summed E-state index contributed by atoms with van der Waals surface area (Å²) in [5, 5.41) is 0. The van der Waals surface area contributed by atoms with Gasteiger partial charge in [0, 0.05) is 19.4 Å². The zero-order valence-corrected chi connectivity index (χ0v) is 9.75. The van der Waals surface area contributed by atoms with E-state index in [-0.39, 0.29) is 0 Å². The number of methoxy groups -OCH3 is 1. The molecule has 0 fully saturated rings. The summed E-state index contributed by atoms with van der Waals surface area (Å²) in [5.41, 5.74) is 9.23. The first-order chi connectivity index (χ1) is 7.24. The van der Waals surface area contributed by atoms with E-state index in [0.717, 1.165) is 25.1 Å². The molecule has 1 aromatic carbocycles. The maximum absolute atomic E-state index is 5.77. The maximum Gasteiger partial charge on any atom is 0.0462 e. The van der Waals surface area contributed by atoms with Crippen LogP contribution in [0.2, 0.25) is 0 Å². The number of hydrogen-bond donors (Lipinski definition) is 1. The van der Waals surface area contributed by atoms with Gasteiger partial charge in [0.1, 0.15) is 0 Å². The van der Waals surface area contributed by atoms with E-state index < -0.39 is 0 Å². The Morgan fingerprint density at radius 1 is 1.20 bits per heavy atom. The van der Waals surface area contributed by atoms with Gasteiger partial charge in [-0.2, -0.15) is 0 Å². The number of nitrogens with two attached hydrogens (primary N) is 1. The van der Waals surface area contributed by atoms with E-state index in [1.165, 1.54) is 24.0 Å². The van der Waals surface area contributed by atoms with Crippen LogP contribution in [-0.4, -0.2) is 13.7 Å². The van der Waals surface area contributed by atoms with E-state index in [1.807, 2.05) is 6.07 Å². The first-order valence-corrected chi connectivity index (χ1v) is 5.58. The Morgan fingerprint density at radius 3 is 2.67 bits per heavy atom. The highest BCUT2D eigenvalue weighted by Gasteiger charge is 1.97. The Balaban J connectivity index is 2.28. The van der Waals surface area contributed by atoms with E-state index in [4.69, 9.17) is 10.5 Å². The molecule has 1 aromatic rings. The second-order valence-corrected chi connectivity index (χ2v) is 3.99. The van der Waals surface area contributed by atoms with Gasteiger partial charge in [0.05, 0.1) is 0 Å². The molecule has 0 unspecified atom stereocenters. The fourth-order valence-electron chi connectivity index (χ4n) is 1.65. The molecule has 0 aromatic heterocycles. The molecule has 0 saturated heterocycles. The lowest BCUT2D eigenvalue weighted by Crippen LogP contribution is -1.93. The highest BCUT2D eigenvalue weighted by atomic mass is 16.5. The first kappa shape index (κ1) is 12.1. The largest absolute Gasteiger partial charge is 0.399 e. The highest BCUT2D eigenvalue weighted by Crippen LogP contribution is 2.14. The minimum atomic E-state index is 0.876. The van der Waals surface area contributed by atoms with Crippen molar-refractivity contribution >= 4 is 5.69 Å². The molecular weight excluding hydrogens is 186 g/mol. The van der Waals surface area contributed by atoms with Gasteiger partial charge in [-0.3, -0.25) is 0 Å². The van der Waals surface area contributed by atoms with Crippen LogP contribution < -0.4 is 5.73 Å². The lowest BCUT2D eigenvalue weighted by Gasteiger charge is -2.05. The molecule has 0 atom stereocenters. The minimum absolute atomic E-state index is 0.876. The lowest BCUT2D eigenvalue weighted by molar-refractivity contribution is 0.192. The van der Waals surface area contributed by atoms with Crippen molar-refractivity contribution in [2.75, 3.05) is 19.5 Å². The van der Waals surface area contributed by atoms with Crippen LogP contribution in [-0.2, 0) is 11.2 Å². The number of rotatable bonds is 6. The predicted octanol–water partition coefficient (Wildman–Crippen LogP) is 2.94.